The van der Waals surface area contributed by atoms with E-state index in [4.69, 9.17) is 4.74 Å². The van der Waals surface area contributed by atoms with Crippen molar-refractivity contribution in [3.63, 3.8) is 0 Å². The van der Waals surface area contributed by atoms with Crippen molar-refractivity contribution in [3.05, 3.63) is 94.0 Å². The second-order valence-electron chi connectivity index (χ2n) is 7.78. The molecule has 6 nitrogen and oxygen atoms in total. The Hall–Kier alpha value is -2.68. The highest BCUT2D eigenvalue weighted by Gasteiger charge is 2.27. The summed E-state index contributed by atoms with van der Waals surface area (Å²) in [6.07, 6.45) is 0.216. The first-order valence-corrected chi connectivity index (χ1v) is 12.7. The van der Waals surface area contributed by atoms with Crippen molar-refractivity contribution in [1.29, 1.82) is 0 Å². The molecule has 0 fully saturated rings. The van der Waals surface area contributed by atoms with Crippen molar-refractivity contribution in [1.82, 2.24) is 10.0 Å². The molecular formula is C25H27BrN2O4S. The van der Waals surface area contributed by atoms with E-state index in [1.165, 1.54) is 19.2 Å². The van der Waals surface area contributed by atoms with Crippen LogP contribution in [-0.2, 0) is 21.2 Å². The number of amides is 1. The van der Waals surface area contributed by atoms with Gasteiger partial charge in [-0.05, 0) is 67.3 Å². The van der Waals surface area contributed by atoms with E-state index < -0.39 is 22.0 Å². The number of methoxy groups -OCH3 is 1. The number of ether oxygens (including phenoxy) is 1. The van der Waals surface area contributed by atoms with Gasteiger partial charge in [-0.15, -0.1) is 0 Å². The highest BCUT2D eigenvalue weighted by atomic mass is 79.9. The lowest BCUT2D eigenvalue weighted by molar-refractivity contribution is -0.123. The molecule has 0 saturated heterocycles. The molecule has 0 aliphatic heterocycles. The van der Waals surface area contributed by atoms with Gasteiger partial charge in [0.25, 0.3) is 0 Å². The van der Waals surface area contributed by atoms with Gasteiger partial charge in [-0.2, -0.15) is 4.72 Å². The van der Waals surface area contributed by atoms with Crippen LogP contribution in [-0.4, -0.2) is 27.5 Å². The summed E-state index contributed by atoms with van der Waals surface area (Å²) in [7, 11) is -2.42. The third-order valence-corrected chi connectivity index (χ3v) is 7.30. The minimum absolute atomic E-state index is 0.0765. The highest BCUT2D eigenvalue weighted by molar-refractivity contribution is 9.10. The fraction of sp³-hybridized carbons (Fsp3) is 0.240. The van der Waals surface area contributed by atoms with Crippen molar-refractivity contribution in [2.75, 3.05) is 7.11 Å². The first-order valence-electron chi connectivity index (χ1n) is 10.5. The average Bonchev–Trinajstić information content (AvgIpc) is 2.79. The molecule has 0 aromatic heterocycles. The minimum Gasteiger partial charge on any atom is -0.496 e. The van der Waals surface area contributed by atoms with E-state index in [2.05, 4.69) is 26.0 Å². The highest BCUT2D eigenvalue weighted by Crippen LogP contribution is 2.22. The third-order valence-electron chi connectivity index (χ3n) is 5.30. The summed E-state index contributed by atoms with van der Waals surface area (Å²) in [6.45, 7) is 3.63. The normalized spacial score (nSPS) is 13.2. The number of hydrogen-bond acceptors (Lipinski definition) is 4. The first kappa shape index (κ1) is 25.0. The Balaban J connectivity index is 1.84. The molecule has 3 rings (SSSR count). The Bertz CT molecular complexity index is 1200. The molecule has 0 unspecified atom stereocenters. The summed E-state index contributed by atoms with van der Waals surface area (Å²) in [5.74, 6) is 0.193. The van der Waals surface area contributed by atoms with E-state index in [1.807, 2.05) is 61.5 Å². The van der Waals surface area contributed by atoms with E-state index in [9.17, 15) is 13.2 Å². The number of carbonyl (C=O) groups is 1. The Morgan fingerprint density at radius 1 is 1.03 bits per heavy atom. The SMILES string of the molecule is COc1ccc(S(=O)(=O)N[C@H](Cc2ccccc2)C(=O)N[C@H](C)c2ccc(Br)cc2)cc1C. The van der Waals surface area contributed by atoms with E-state index in [0.29, 0.717) is 11.3 Å². The zero-order valence-electron chi connectivity index (χ0n) is 18.7. The van der Waals surface area contributed by atoms with Crippen molar-refractivity contribution >= 4 is 31.9 Å². The Kier molecular flexibility index (Phi) is 8.29. The number of benzene rings is 3. The summed E-state index contributed by atoms with van der Waals surface area (Å²) in [4.78, 5) is 13.3. The zero-order valence-corrected chi connectivity index (χ0v) is 21.1. The lowest BCUT2D eigenvalue weighted by Crippen LogP contribution is -2.48. The number of rotatable bonds is 9. The van der Waals surface area contributed by atoms with Crippen molar-refractivity contribution in [3.8, 4) is 5.75 Å². The fourth-order valence-electron chi connectivity index (χ4n) is 3.46. The number of carbonyl (C=O) groups excluding carboxylic acids is 1. The molecular weight excluding hydrogens is 504 g/mol. The van der Waals surface area contributed by atoms with Gasteiger partial charge in [-0.1, -0.05) is 58.4 Å². The molecule has 3 aromatic rings. The molecule has 2 N–H and O–H groups in total. The van der Waals surface area contributed by atoms with Gasteiger partial charge in [-0.25, -0.2) is 8.42 Å². The van der Waals surface area contributed by atoms with Crippen LogP contribution in [0.25, 0.3) is 0 Å². The third kappa shape index (κ3) is 6.66. The van der Waals surface area contributed by atoms with Crippen LogP contribution in [0.15, 0.2) is 82.2 Å². The standard InChI is InChI=1S/C25H27BrN2O4S/c1-17-15-22(13-14-24(17)32-3)33(30,31)28-23(16-19-7-5-4-6-8-19)25(29)27-18(2)20-9-11-21(26)12-10-20/h4-15,18,23,28H,16H2,1-3H3,(H,27,29)/t18-,23-/m1/s1. The van der Waals surface area contributed by atoms with Crippen molar-refractivity contribution in [2.45, 2.75) is 37.2 Å². The zero-order chi connectivity index (χ0) is 24.0. The average molecular weight is 531 g/mol. The second-order valence-corrected chi connectivity index (χ2v) is 10.4. The van der Waals surface area contributed by atoms with E-state index in [-0.39, 0.29) is 17.4 Å². The Morgan fingerprint density at radius 2 is 1.70 bits per heavy atom. The smallest absolute Gasteiger partial charge is 0.241 e. The lowest BCUT2D eigenvalue weighted by Gasteiger charge is -2.22. The van der Waals surface area contributed by atoms with E-state index in [0.717, 1.165) is 15.6 Å². The molecule has 0 aliphatic rings. The molecule has 8 heteroatoms. The van der Waals surface area contributed by atoms with Gasteiger partial charge in [0.2, 0.25) is 15.9 Å². The molecule has 174 valence electrons. The van der Waals surface area contributed by atoms with Gasteiger partial charge in [0, 0.05) is 4.47 Å². The predicted molar refractivity (Wildman–Crippen MR) is 133 cm³/mol. The molecule has 3 aromatic carbocycles. The van der Waals surface area contributed by atoms with Crippen molar-refractivity contribution in [2.24, 2.45) is 0 Å². The van der Waals surface area contributed by atoms with Crippen LogP contribution in [0.3, 0.4) is 0 Å². The maximum Gasteiger partial charge on any atom is 0.241 e. The summed E-state index contributed by atoms with van der Waals surface area (Å²) < 4.78 is 35.1. The molecule has 0 spiro atoms. The molecule has 0 aliphatic carbocycles. The monoisotopic (exact) mass is 530 g/mol. The van der Waals surface area contributed by atoms with Crippen LogP contribution < -0.4 is 14.8 Å². The number of nitrogens with one attached hydrogen (secondary N) is 2. The fourth-order valence-corrected chi connectivity index (χ4v) is 5.00. The molecule has 0 radical (unpaired) electrons. The molecule has 0 saturated carbocycles. The van der Waals surface area contributed by atoms with E-state index in [1.54, 1.807) is 13.0 Å². The van der Waals surface area contributed by atoms with Gasteiger partial charge >= 0.3 is 0 Å². The van der Waals surface area contributed by atoms with Gasteiger partial charge in [0.05, 0.1) is 18.0 Å². The quantitative estimate of drug-likeness (QED) is 0.425. The van der Waals surface area contributed by atoms with Gasteiger partial charge in [0.15, 0.2) is 0 Å². The first-order chi connectivity index (χ1) is 15.7. The Morgan fingerprint density at radius 3 is 2.30 bits per heavy atom. The van der Waals surface area contributed by atoms with Gasteiger partial charge in [-0.3, -0.25) is 4.79 Å². The molecule has 1 amide bonds. The minimum atomic E-state index is -3.95. The van der Waals surface area contributed by atoms with Crippen LogP contribution in [0.5, 0.6) is 5.75 Å². The summed E-state index contributed by atoms with van der Waals surface area (Å²) >= 11 is 3.40. The summed E-state index contributed by atoms with van der Waals surface area (Å²) in [5.41, 5.74) is 2.45. The van der Waals surface area contributed by atoms with Gasteiger partial charge in [0.1, 0.15) is 11.8 Å². The van der Waals surface area contributed by atoms with Crippen LogP contribution in [0, 0.1) is 6.92 Å². The molecule has 0 heterocycles. The number of halogens is 1. The maximum absolute atomic E-state index is 13.2. The van der Waals surface area contributed by atoms with Crippen molar-refractivity contribution < 1.29 is 17.9 Å². The summed E-state index contributed by atoms with van der Waals surface area (Å²) in [6, 6.07) is 20.2. The number of sulfonamides is 1. The number of hydrogen-bond donors (Lipinski definition) is 2. The van der Waals surface area contributed by atoms with E-state index >= 15 is 0 Å². The Labute approximate surface area is 203 Å². The largest absolute Gasteiger partial charge is 0.496 e. The lowest BCUT2D eigenvalue weighted by atomic mass is 10.0. The van der Waals surface area contributed by atoms with Crippen LogP contribution in [0.2, 0.25) is 0 Å². The van der Waals surface area contributed by atoms with Gasteiger partial charge < -0.3 is 10.1 Å². The van der Waals surface area contributed by atoms with Crippen LogP contribution in [0.1, 0.15) is 29.7 Å². The topological polar surface area (TPSA) is 84.5 Å². The molecule has 0 bridgehead atoms. The number of aryl methyl sites for hydroxylation is 1. The van der Waals surface area contributed by atoms with Crippen LogP contribution >= 0.6 is 15.9 Å². The van der Waals surface area contributed by atoms with Crippen LogP contribution in [0.4, 0.5) is 0 Å². The summed E-state index contributed by atoms with van der Waals surface area (Å²) in [5, 5.41) is 2.94. The maximum atomic E-state index is 13.2. The predicted octanol–water partition coefficient (Wildman–Crippen LogP) is 4.53. The second kappa shape index (κ2) is 11.0. The molecule has 33 heavy (non-hydrogen) atoms. The molecule has 2 atom stereocenters.